The van der Waals surface area contributed by atoms with Crippen LogP contribution in [-0.2, 0) is 6.42 Å². The summed E-state index contributed by atoms with van der Waals surface area (Å²) in [5.41, 5.74) is 1.31. The molecular weight excluding hydrogens is 278 g/mol. The number of nitrogens with zero attached hydrogens (tertiary/aromatic N) is 2. The summed E-state index contributed by atoms with van der Waals surface area (Å²) in [7, 11) is 0. The van der Waals surface area contributed by atoms with Crippen molar-refractivity contribution in [3.63, 3.8) is 0 Å². The topological polar surface area (TPSA) is 37.8 Å². The Bertz CT molecular complexity index is 482. The predicted octanol–water partition coefficient (Wildman–Crippen LogP) is 3.20. The lowest BCUT2D eigenvalue weighted by molar-refractivity contribution is 0.981. The van der Waals surface area contributed by atoms with Crippen molar-refractivity contribution in [3.8, 4) is 0 Å². The maximum atomic E-state index is 4.29. The molecule has 0 aliphatic rings. The standard InChI is InChI=1S/C13H14BrN3/c1-10-15-9-7-13(17-10)16-8-6-11-2-4-12(14)5-3-11/h2-5,7,9H,6,8H2,1H3,(H,15,16,17). The number of aryl methyl sites for hydroxylation is 1. The minimum Gasteiger partial charge on any atom is -0.370 e. The molecule has 1 N–H and O–H groups in total. The molecule has 17 heavy (non-hydrogen) atoms. The second-order valence-corrected chi connectivity index (χ2v) is 4.71. The summed E-state index contributed by atoms with van der Waals surface area (Å²) in [5, 5.41) is 3.29. The molecular formula is C13H14BrN3. The number of hydrogen-bond acceptors (Lipinski definition) is 3. The van der Waals surface area contributed by atoms with E-state index in [1.807, 2.05) is 13.0 Å². The first kappa shape index (κ1) is 12.0. The zero-order valence-electron chi connectivity index (χ0n) is 9.65. The molecule has 4 heteroatoms. The van der Waals surface area contributed by atoms with Crippen LogP contribution in [0, 0.1) is 6.92 Å². The summed E-state index contributed by atoms with van der Waals surface area (Å²) in [6.07, 6.45) is 2.75. The van der Waals surface area contributed by atoms with Gasteiger partial charge >= 0.3 is 0 Å². The van der Waals surface area contributed by atoms with Gasteiger partial charge in [-0.15, -0.1) is 0 Å². The smallest absolute Gasteiger partial charge is 0.129 e. The molecule has 0 fully saturated rings. The molecule has 0 aliphatic heterocycles. The highest BCUT2D eigenvalue weighted by Crippen LogP contribution is 2.11. The van der Waals surface area contributed by atoms with Gasteiger partial charge in [-0.2, -0.15) is 0 Å². The Morgan fingerprint density at radius 2 is 1.94 bits per heavy atom. The zero-order chi connectivity index (χ0) is 12.1. The fraction of sp³-hybridized carbons (Fsp3) is 0.231. The molecule has 0 bridgehead atoms. The van der Waals surface area contributed by atoms with E-state index in [9.17, 15) is 0 Å². The third-order valence-electron chi connectivity index (χ3n) is 2.41. The van der Waals surface area contributed by atoms with E-state index in [1.165, 1.54) is 5.56 Å². The highest BCUT2D eigenvalue weighted by atomic mass is 79.9. The molecule has 1 heterocycles. The van der Waals surface area contributed by atoms with Gasteiger partial charge < -0.3 is 5.32 Å². The van der Waals surface area contributed by atoms with Crippen molar-refractivity contribution in [2.24, 2.45) is 0 Å². The fourth-order valence-corrected chi connectivity index (χ4v) is 1.80. The molecule has 3 nitrogen and oxygen atoms in total. The molecule has 2 rings (SSSR count). The molecule has 88 valence electrons. The van der Waals surface area contributed by atoms with E-state index in [2.05, 4.69) is 55.5 Å². The number of halogens is 1. The number of aromatic nitrogens is 2. The van der Waals surface area contributed by atoms with Crippen LogP contribution in [0.3, 0.4) is 0 Å². The average Bonchev–Trinajstić information content (AvgIpc) is 2.32. The van der Waals surface area contributed by atoms with E-state index < -0.39 is 0 Å². The maximum Gasteiger partial charge on any atom is 0.129 e. The molecule has 0 radical (unpaired) electrons. The van der Waals surface area contributed by atoms with Crippen LogP contribution in [0.2, 0.25) is 0 Å². The highest BCUT2D eigenvalue weighted by Gasteiger charge is 1.96. The first-order valence-electron chi connectivity index (χ1n) is 5.52. The fourth-order valence-electron chi connectivity index (χ4n) is 1.54. The van der Waals surface area contributed by atoms with E-state index >= 15 is 0 Å². The lowest BCUT2D eigenvalue weighted by Gasteiger charge is -2.05. The number of nitrogens with one attached hydrogen (secondary N) is 1. The van der Waals surface area contributed by atoms with E-state index in [0.29, 0.717) is 0 Å². The SMILES string of the molecule is Cc1nccc(NCCc2ccc(Br)cc2)n1. The second kappa shape index (κ2) is 5.77. The van der Waals surface area contributed by atoms with Gasteiger partial charge in [0.25, 0.3) is 0 Å². The van der Waals surface area contributed by atoms with Crippen molar-refractivity contribution in [2.45, 2.75) is 13.3 Å². The van der Waals surface area contributed by atoms with E-state index in [4.69, 9.17) is 0 Å². The Hall–Kier alpha value is -1.42. The molecule has 0 amide bonds. The Morgan fingerprint density at radius 1 is 1.18 bits per heavy atom. The van der Waals surface area contributed by atoms with E-state index in [1.54, 1.807) is 6.20 Å². The minimum absolute atomic E-state index is 0.790. The average molecular weight is 292 g/mol. The monoisotopic (exact) mass is 291 g/mol. The summed E-state index contributed by atoms with van der Waals surface area (Å²) in [6, 6.07) is 10.2. The Labute approximate surface area is 109 Å². The van der Waals surface area contributed by atoms with Crippen molar-refractivity contribution in [2.75, 3.05) is 11.9 Å². The molecule has 0 saturated carbocycles. The Morgan fingerprint density at radius 3 is 2.65 bits per heavy atom. The van der Waals surface area contributed by atoms with Gasteiger partial charge in [-0.3, -0.25) is 0 Å². The summed E-state index contributed by atoms with van der Waals surface area (Å²) in [4.78, 5) is 8.35. The van der Waals surface area contributed by atoms with Gasteiger partial charge in [0.05, 0.1) is 0 Å². The van der Waals surface area contributed by atoms with Crippen molar-refractivity contribution < 1.29 is 0 Å². The van der Waals surface area contributed by atoms with Crippen LogP contribution in [-0.4, -0.2) is 16.5 Å². The lowest BCUT2D eigenvalue weighted by atomic mass is 10.1. The first-order chi connectivity index (χ1) is 8.24. The van der Waals surface area contributed by atoms with Crippen LogP contribution >= 0.6 is 15.9 Å². The van der Waals surface area contributed by atoms with Crippen molar-refractivity contribution in [3.05, 3.63) is 52.4 Å². The first-order valence-corrected chi connectivity index (χ1v) is 6.31. The van der Waals surface area contributed by atoms with Gasteiger partial charge in [0.1, 0.15) is 11.6 Å². The minimum atomic E-state index is 0.790. The molecule has 2 aromatic rings. The molecule has 0 spiro atoms. The number of benzene rings is 1. The van der Waals surface area contributed by atoms with Crippen LogP contribution in [0.5, 0.6) is 0 Å². The van der Waals surface area contributed by atoms with Crippen LogP contribution in [0.1, 0.15) is 11.4 Å². The normalized spacial score (nSPS) is 10.2. The number of hydrogen-bond donors (Lipinski definition) is 1. The van der Waals surface area contributed by atoms with Crippen LogP contribution in [0.25, 0.3) is 0 Å². The van der Waals surface area contributed by atoms with E-state index in [0.717, 1.165) is 29.1 Å². The van der Waals surface area contributed by atoms with Gasteiger partial charge in [-0.25, -0.2) is 9.97 Å². The summed E-state index contributed by atoms with van der Waals surface area (Å²) in [6.45, 7) is 2.76. The van der Waals surface area contributed by atoms with E-state index in [-0.39, 0.29) is 0 Å². The third-order valence-corrected chi connectivity index (χ3v) is 2.94. The summed E-state index contributed by atoms with van der Waals surface area (Å²) >= 11 is 3.43. The molecule has 0 aliphatic carbocycles. The third kappa shape index (κ3) is 3.82. The van der Waals surface area contributed by atoms with Crippen molar-refractivity contribution in [1.82, 2.24) is 9.97 Å². The Balaban J connectivity index is 1.85. The molecule has 0 atom stereocenters. The molecule has 0 unspecified atom stereocenters. The van der Waals surface area contributed by atoms with Crippen LogP contribution in [0.4, 0.5) is 5.82 Å². The lowest BCUT2D eigenvalue weighted by Crippen LogP contribution is -2.06. The predicted molar refractivity (Wildman–Crippen MR) is 73.1 cm³/mol. The zero-order valence-corrected chi connectivity index (χ0v) is 11.2. The molecule has 1 aromatic heterocycles. The van der Waals surface area contributed by atoms with Crippen molar-refractivity contribution >= 4 is 21.7 Å². The highest BCUT2D eigenvalue weighted by molar-refractivity contribution is 9.10. The van der Waals surface area contributed by atoms with Gasteiger partial charge in [-0.1, -0.05) is 28.1 Å². The quantitative estimate of drug-likeness (QED) is 0.940. The summed E-state index contributed by atoms with van der Waals surface area (Å²) < 4.78 is 1.11. The number of anilines is 1. The van der Waals surface area contributed by atoms with Gasteiger partial charge in [-0.05, 0) is 37.1 Å². The van der Waals surface area contributed by atoms with Gasteiger partial charge in [0, 0.05) is 17.2 Å². The largest absolute Gasteiger partial charge is 0.370 e. The van der Waals surface area contributed by atoms with Gasteiger partial charge in [0.15, 0.2) is 0 Å². The van der Waals surface area contributed by atoms with Gasteiger partial charge in [0.2, 0.25) is 0 Å². The Kier molecular flexibility index (Phi) is 4.09. The van der Waals surface area contributed by atoms with Crippen LogP contribution in [0.15, 0.2) is 41.0 Å². The van der Waals surface area contributed by atoms with Crippen LogP contribution < -0.4 is 5.32 Å². The summed E-state index contributed by atoms with van der Waals surface area (Å²) in [5.74, 6) is 1.67. The molecule has 0 saturated heterocycles. The maximum absolute atomic E-state index is 4.29. The molecule has 1 aromatic carbocycles. The van der Waals surface area contributed by atoms with Crippen molar-refractivity contribution in [1.29, 1.82) is 0 Å². The number of rotatable bonds is 4. The second-order valence-electron chi connectivity index (χ2n) is 3.79.